The van der Waals surface area contributed by atoms with Crippen LogP contribution in [-0.2, 0) is 4.79 Å². The molecule has 76 valence electrons. The Hall–Kier alpha value is -1.55. The number of nitrogens with two attached hydrogens (primary N) is 1. The van der Waals surface area contributed by atoms with Gasteiger partial charge in [0.1, 0.15) is 0 Å². The van der Waals surface area contributed by atoms with Gasteiger partial charge in [-0.15, -0.1) is 0 Å². The molecule has 0 aromatic heterocycles. The summed E-state index contributed by atoms with van der Waals surface area (Å²) >= 11 is 0. The average Bonchev–Trinajstić information content (AvgIpc) is 2.16. The zero-order valence-electron chi connectivity index (χ0n) is 8.27. The van der Waals surface area contributed by atoms with Gasteiger partial charge in [-0.3, -0.25) is 4.79 Å². The summed E-state index contributed by atoms with van der Waals surface area (Å²) in [7, 11) is 3.83. The zero-order chi connectivity index (χ0) is 10.7. The molecule has 4 heteroatoms. The maximum absolute atomic E-state index is 10.7. The highest BCUT2D eigenvalue weighted by Crippen LogP contribution is 2.17. The fourth-order valence-corrected chi connectivity index (χ4v) is 1.12. The second kappa shape index (κ2) is 4.11. The molecule has 0 fully saturated rings. The zero-order valence-corrected chi connectivity index (χ0v) is 8.27. The van der Waals surface area contributed by atoms with Crippen LogP contribution in [-0.4, -0.2) is 25.1 Å². The van der Waals surface area contributed by atoms with Crippen molar-refractivity contribution < 1.29 is 9.90 Å². The third kappa shape index (κ3) is 2.23. The molecule has 0 bridgehead atoms. The van der Waals surface area contributed by atoms with E-state index >= 15 is 0 Å². The third-order valence-electron chi connectivity index (χ3n) is 1.99. The number of carbonyl (C=O) groups is 1. The van der Waals surface area contributed by atoms with E-state index in [4.69, 9.17) is 5.73 Å². The Labute approximate surface area is 82.9 Å². The quantitative estimate of drug-likeness (QED) is 0.726. The molecule has 3 N–H and O–H groups in total. The number of primary amides is 1. The Morgan fingerprint density at radius 3 is 2.21 bits per heavy atom. The van der Waals surface area contributed by atoms with E-state index in [1.165, 1.54) is 0 Å². The van der Waals surface area contributed by atoms with E-state index in [-0.39, 0.29) is 0 Å². The Morgan fingerprint density at radius 1 is 1.36 bits per heavy atom. The molecule has 1 aromatic rings. The van der Waals surface area contributed by atoms with Crippen molar-refractivity contribution in [1.82, 2.24) is 0 Å². The summed E-state index contributed by atoms with van der Waals surface area (Å²) in [5.41, 5.74) is 6.49. The molecule has 0 heterocycles. The Bertz CT molecular complexity index is 319. The molecule has 0 unspecified atom stereocenters. The van der Waals surface area contributed by atoms with Crippen molar-refractivity contribution in [3.63, 3.8) is 0 Å². The molecule has 1 aromatic carbocycles. The number of amides is 1. The van der Waals surface area contributed by atoms with E-state index in [1.807, 2.05) is 31.1 Å². The summed E-state index contributed by atoms with van der Waals surface area (Å²) < 4.78 is 0. The highest BCUT2D eigenvalue weighted by molar-refractivity contribution is 5.80. The second-order valence-corrected chi connectivity index (χ2v) is 3.29. The van der Waals surface area contributed by atoms with E-state index in [0.717, 1.165) is 5.69 Å². The minimum absolute atomic E-state index is 0.517. The SMILES string of the molecule is CN(C)c1ccc([C@H](O)C(N)=O)cc1. The van der Waals surface area contributed by atoms with Crippen molar-refractivity contribution in [3.05, 3.63) is 29.8 Å². The third-order valence-corrected chi connectivity index (χ3v) is 1.99. The Balaban J connectivity index is 2.88. The molecule has 1 amide bonds. The van der Waals surface area contributed by atoms with Gasteiger partial charge in [0.2, 0.25) is 0 Å². The molecule has 0 radical (unpaired) electrons. The maximum Gasteiger partial charge on any atom is 0.250 e. The van der Waals surface area contributed by atoms with Crippen LogP contribution in [0.1, 0.15) is 11.7 Å². The second-order valence-electron chi connectivity index (χ2n) is 3.29. The largest absolute Gasteiger partial charge is 0.378 e. The van der Waals surface area contributed by atoms with Crippen LogP contribution >= 0.6 is 0 Å². The lowest BCUT2D eigenvalue weighted by atomic mass is 10.1. The maximum atomic E-state index is 10.7. The highest BCUT2D eigenvalue weighted by atomic mass is 16.3. The lowest BCUT2D eigenvalue weighted by Crippen LogP contribution is -2.20. The van der Waals surface area contributed by atoms with Crippen molar-refractivity contribution >= 4 is 11.6 Å². The molecule has 0 aliphatic heterocycles. The first-order valence-corrected chi connectivity index (χ1v) is 4.27. The Kier molecular flexibility index (Phi) is 3.09. The summed E-state index contributed by atoms with van der Waals surface area (Å²) in [5.74, 6) is -0.734. The van der Waals surface area contributed by atoms with Gasteiger partial charge in [0.05, 0.1) is 0 Å². The molecular weight excluding hydrogens is 180 g/mol. The molecule has 0 saturated carbocycles. The number of aliphatic hydroxyl groups excluding tert-OH is 1. The standard InChI is InChI=1S/C10H14N2O2/c1-12(2)8-5-3-7(4-6-8)9(13)10(11)14/h3-6,9,13H,1-2H3,(H2,11,14)/t9-/m0/s1. The average molecular weight is 194 g/mol. The van der Waals surface area contributed by atoms with Gasteiger partial charge in [-0.2, -0.15) is 0 Å². The normalized spacial score (nSPS) is 12.2. The van der Waals surface area contributed by atoms with E-state index < -0.39 is 12.0 Å². The van der Waals surface area contributed by atoms with Crippen LogP contribution in [0.15, 0.2) is 24.3 Å². The smallest absolute Gasteiger partial charge is 0.250 e. The number of rotatable bonds is 3. The minimum atomic E-state index is -1.22. The first kappa shape index (κ1) is 10.5. The predicted octanol–water partition coefficient (Wildman–Crippen LogP) is 0.271. The summed E-state index contributed by atoms with van der Waals surface area (Å²) in [6.45, 7) is 0. The van der Waals surface area contributed by atoms with E-state index in [2.05, 4.69) is 0 Å². The summed E-state index contributed by atoms with van der Waals surface area (Å²) in [6, 6.07) is 7.01. The fraction of sp³-hybridized carbons (Fsp3) is 0.300. The molecule has 0 aliphatic carbocycles. The van der Waals surface area contributed by atoms with Crippen LogP contribution in [0.2, 0.25) is 0 Å². The van der Waals surface area contributed by atoms with Crippen LogP contribution in [0.3, 0.4) is 0 Å². The topological polar surface area (TPSA) is 66.6 Å². The number of aliphatic hydroxyl groups is 1. The first-order chi connectivity index (χ1) is 6.52. The number of carbonyl (C=O) groups excluding carboxylic acids is 1. The molecule has 0 saturated heterocycles. The lowest BCUT2D eigenvalue weighted by molar-refractivity contribution is -0.126. The molecule has 0 spiro atoms. The molecule has 14 heavy (non-hydrogen) atoms. The van der Waals surface area contributed by atoms with Crippen molar-refractivity contribution in [2.45, 2.75) is 6.10 Å². The molecular formula is C10H14N2O2. The van der Waals surface area contributed by atoms with Crippen molar-refractivity contribution in [1.29, 1.82) is 0 Å². The number of benzene rings is 1. The van der Waals surface area contributed by atoms with Crippen molar-refractivity contribution in [3.8, 4) is 0 Å². The fourth-order valence-electron chi connectivity index (χ4n) is 1.12. The Morgan fingerprint density at radius 2 is 1.86 bits per heavy atom. The van der Waals surface area contributed by atoms with Gasteiger partial charge in [-0.05, 0) is 17.7 Å². The molecule has 0 aliphatic rings. The van der Waals surface area contributed by atoms with Crippen LogP contribution < -0.4 is 10.6 Å². The molecule has 4 nitrogen and oxygen atoms in total. The minimum Gasteiger partial charge on any atom is -0.378 e. The number of hydrogen-bond acceptors (Lipinski definition) is 3. The molecule has 1 atom stereocenters. The summed E-state index contributed by atoms with van der Waals surface area (Å²) in [5, 5.41) is 9.34. The van der Waals surface area contributed by atoms with Crippen LogP contribution in [0.4, 0.5) is 5.69 Å². The van der Waals surface area contributed by atoms with Gasteiger partial charge < -0.3 is 15.7 Å². The molecule has 1 rings (SSSR count). The number of anilines is 1. The first-order valence-electron chi connectivity index (χ1n) is 4.27. The number of hydrogen-bond donors (Lipinski definition) is 2. The predicted molar refractivity (Wildman–Crippen MR) is 54.9 cm³/mol. The number of nitrogens with zero attached hydrogens (tertiary/aromatic N) is 1. The highest BCUT2D eigenvalue weighted by Gasteiger charge is 2.12. The van der Waals surface area contributed by atoms with Gasteiger partial charge in [0.15, 0.2) is 6.10 Å². The van der Waals surface area contributed by atoms with Gasteiger partial charge in [-0.1, -0.05) is 12.1 Å². The monoisotopic (exact) mass is 194 g/mol. The van der Waals surface area contributed by atoms with Crippen LogP contribution in [0.25, 0.3) is 0 Å². The van der Waals surface area contributed by atoms with Crippen LogP contribution in [0, 0.1) is 0 Å². The van der Waals surface area contributed by atoms with Crippen LogP contribution in [0.5, 0.6) is 0 Å². The summed E-state index contributed by atoms with van der Waals surface area (Å²) in [6.07, 6.45) is -1.22. The van der Waals surface area contributed by atoms with E-state index in [0.29, 0.717) is 5.56 Å². The van der Waals surface area contributed by atoms with E-state index in [9.17, 15) is 9.90 Å². The summed E-state index contributed by atoms with van der Waals surface area (Å²) in [4.78, 5) is 12.6. The van der Waals surface area contributed by atoms with Gasteiger partial charge in [0, 0.05) is 19.8 Å². The van der Waals surface area contributed by atoms with E-state index in [1.54, 1.807) is 12.1 Å². The van der Waals surface area contributed by atoms with Crippen molar-refractivity contribution in [2.24, 2.45) is 5.73 Å². The lowest BCUT2D eigenvalue weighted by Gasteiger charge is -2.13. The van der Waals surface area contributed by atoms with Gasteiger partial charge in [-0.25, -0.2) is 0 Å². The van der Waals surface area contributed by atoms with Gasteiger partial charge >= 0.3 is 0 Å². The van der Waals surface area contributed by atoms with Crippen molar-refractivity contribution in [2.75, 3.05) is 19.0 Å². The van der Waals surface area contributed by atoms with Gasteiger partial charge in [0.25, 0.3) is 5.91 Å².